The Labute approximate surface area is 222 Å². The second-order valence-electron chi connectivity index (χ2n) is 10.4. The molecule has 0 bridgehead atoms. The van der Waals surface area contributed by atoms with Crippen molar-refractivity contribution in [3.8, 4) is 17.4 Å². The van der Waals surface area contributed by atoms with Crippen molar-refractivity contribution in [1.82, 2.24) is 9.97 Å². The molecule has 0 N–H and O–H groups in total. The highest BCUT2D eigenvalue weighted by Crippen LogP contribution is 2.37. The predicted octanol–water partition coefficient (Wildman–Crippen LogP) is 3.98. The third-order valence-electron chi connectivity index (χ3n) is 6.74. The number of Topliss-reactive ketones (excluding diaryl/α,β-unsaturated/α-hetero) is 1. The Bertz CT molecular complexity index is 1440. The fourth-order valence-corrected chi connectivity index (χ4v) is 6.25. The molecular weight excluding hydrogens is 506 g/mol. The fourth-order valence-electron chi connectivity index (χ4n) is 5.09. The standard InChI is InChI=1S/C28H31N3O6S/c1-19-14-28(2,3)31(15-19)27-21(8-7-13-29-27)22(32)18-38(33,34)26-12-6-11-25(30-26)36-17-20-16-35-23-9-4-5-10-24(23)37-20/h4-13,19-20H,14-18H2,1-3H3. The summed E-state index contributed by atoms with van der Waals surface area (Å²) in [6.45, 7) is 7.53. The summed E-state index contributed by atoms with van der Waals surface area (Å²) in [5.41, 5.74) is 0.102. The van der Waals surface area contributed by atoms with Gasteiger partial charge in [0.05, 0.1) is 5.56 Å². The van der Waals surface area contributed by atoms with Crippen molar-refractivity contribution >= 4 is 21.4 Å². The number of aromatic nitrogens is 2. The van der Waals surface area contributed by atoms with Crippen LogP contribution in [0.4, 0.5) is 5.82 Å². The normalized spacial score (nSPS) is 20.2. The van der Waals surface area contributed by atoms with Crippen LogP contribution in [0.1, 0.15) is 37.6 Å². The maximum absolute atomic E-state index is 13.3. The summed E-state index contributed by atoms with van der Waals surface area (Å²) < 4.78 is 43.7. The molecular formula is C28H31N3O6S. The molecule has 2 aromatic heterocycles. The number of carbonyl (C=O) groups is 1. The van der Waals surface area contributed by atoms with E-state index in [0.717, 1.165) is 13.0 Å². The number of carbonyl (C=O) groups excluding carboxylic acids is 1. The van der Waals surface area contributed by atoms with Crippen LogP contribution in [-0.2, 0) is 9.84 Å². The van der Waals surface area contributed by atoms with Gasteiger partial charge < -0.3 is 19.1 Å². The largest absolute Gasteiger partial charge is 0.486 e. The summed E-state index contributed by atoms with van der Waals surface area (Å²) >= 11 is 0. The van der Waals surface area contributed by atoms with E-state index in [4.69, 9.17) is 14.2 Å². The van der Waals surface area contributed by atoms with Gasteiger partial charge in [-0.25, -0.2) is 18.4 Å². The number of benzene rings is 1. The van der Waals surface area contributed by atoms with Gasteiger partial charge in [0.1, 0.15) is 24.8 Å². The molecule has 3 aromatic rings. The maximum atomic E-state index is 13.3. The topological polar surface area (TPSA) is 108 Å². The molecule has 2 aliphatic rings. The number of fused-ring (bicyclic) bond motifs is 1. The summed E-state index contributed by atoms with van der Waals surface area (Å²) in [5.74, 6) is 1.12. The van der Waals surface area contributed by atoms with Gasteiger partial charge in [-0.3, -0.25) is 4.79 Å². The van der Waals surface area contributed by atoms with Gasteiger partial charge in [0, 0.05) is 24.3 Å². The van der Waals surface area contributed by atoms with Crippen LogP contribution in [0, 0.1) is 5.92 Å². The number of anilines is 1. The number of ketones is 1. The highest BCUT2D eigenvalue weighted by Gasteiger charge is 2.39. The van der Waals surface area contributed by atoms with E-state index in [-0.39, 0.29) is 29.2 Å². The smallest absolute Gasteiger partial charge is 0.214 e. The Kier molecular flexibility index (Phi) is 7.00. The van der Waals surface area contributed by atoms with Gasteiger partial charge in [-0.15, -0.1) is 0 Å². The van der Waals surface area contributed by atoms with E-state index in [2.05, 4.69) is 35.6 Å². The van der Waals surface area contributed by atoms with Crippen molar-refractivity contribution in [3.05, 3.63) is 66.4 Å². The van der Waals surface area contributed by atoms with Crippen molar-refractivity contribution in [2.75, 3.05) is 30.4 Å². The first kappa shape index (κ1) is 26.0. The second kappa shape index (κ2) is 10.2. The Hall–Kier alpha value is -3.66. The number of nitrogens with zero attached hydrogens (tertiary/aromatic N) is 3. The van der Waals surface area contributed by atoms with Crippen LogP contribution >= 0.6 is 0 Å². The average Bonchev–Trinajstić information content (AvgIpc) is 3.18. The van der Waals surface area contributed by atoms with E-state index in [1.165, 1.54) is 12.1 Å². The summed E-state index contributed by atoms with van der Waals surface area (Å²) in [7, 11) is -4.04. The number of hydrogen-bond acceptors (Lipinski definition) is 9. The summed E-state index contributed by atoms with van der Waals surface area (Å²) in [5, 5.41) is -0.227. The van der Waals surface area contributed by atoms with Gasteiger partial charge in [0.2, 0.25) is 15.7 Å². The fraction of sp³-hybridized carbons (Fsp3) is 0.393. The Morgan fingerprint density at radius 1 is 1.11 bits per heavy atom. The number of ether oxygens (including phenoxy) is 3. The first-order chi connectivity index (χ1) is 18.1. The van der Waals surface area contributed by atoms with Crippen molar-refractivity contribution in [1.29, 1.82) is 0 Å². The van der Waals surface area contributed by atoms with Crippen molar-refractivity contribution < 1.29 is 27.4 Å². The number of para-hydroxylation sites is 2. The molecule has 4 heterocycles. The predicted molar refractivity (Wildman–Crippen MR) is 142 cm³/mol. The van der Waals surface area contributed by atoms with Crippen molar-refractivity contribution in [2.24, 2.45) is 5.92 Å². The van der Waals surface area contributed by atoms with Crippen LogP contribution in [0.2, 0.25) is 0 Å². The minimum absolute atomic E-state index is 0.118. The van der Waals surface area contributed by atoms with Crippen LogP contribution < -0.4 is 19.1 Å². The lowest BCUT2D eigenvalue weighted by molar-refractivity contribution is 0.0520. The molecule has 10 heteroatoms. The SMILES string of the molecule is CC1CN(c2ncccc2C(=O)CS(=O)(=O)c2cccc(OCC3COc4ccccc4O3)n2)C(C)(C)C1. The monoisotopic (exact) mass is 537 g/mol. The van der Waals surface area contributed by atoms with Gasteiger partial charge in [-0.2, -0.15) is 0 Å². The van der Waals surface area contributed by atoms with Crippen LogP contribution in [0.25, 0.3) is 0 Å². The molecule has 200 valence electrons. The molecule has 2 unspecified atom stereocenters. The molecule has 1 fully saturated rings. The van der Waals surface area contributed by atoms with Crippen molar-refractivity contribution in [3.63, 3.8) is 0 Å². The van der Waals surface area contributed by atoms with Crippen LogP contribution in [0.15, 0.2) is 65.8 Å². The molecule has 0 amide bonds. The van der Waals surface area contributed by atoms with Crippen molar-refractivity contribution in [2.45, 2.75) is 43.9 Å². The first-order valence-electron chi connectivity index (χ1n) is 12.6. The maximum Gasteiger partial charge on any atom is 0.214 e. The minimum Gasteiger partial charge on any atom is -0.486 e. The van der Waals surface area contributed by atoms with Gasteiger partial charge in [-0.05, 0) is 56.5 Å². The molecule has 2 atom stereocenters. The molecule has 5 rings (SSSR count). The molecule has 38 heavy (non-hydrogen) atoms. The van der Waals surface area contributed by atoms with Gasteiger partial charge in [-0.1, -0.05) is 25.1 Å². The molecule has 0 spiro atoms. The Morgan fingerprint density at radius 2 is 1.89 bits per heavy atom. The molecule has 2 aliphatic heterocycles. The summed E-state index contributed by atoms with van der Waals surface area (Å²) in [6, 6.07) is 15.1. The molecule has 1 saturated heterocycles. The minimum atomic E-state index is -4.04. The lowest BCUT2D eigenvalue weighted by Gasteiger charge is -2.33. The Morgan fingerprint density at radius 3 is 2.66 bits per heavy atom. The molecule has 0 aliphatic carbocycles. The van der Waals surface area contributed by atoms with E-state index in [9.17, 15) is 13.2 Å². The average molecular weight is 538 g/mol. The van der Waals surface area contributed by atoms with E-state index in [0.29, 0.717) is 35.4 Å². The number of hydrogen-bond donors (Lipinski definition) is 0. The van der Waals surface area contributed by atoms with Crippen LogP contribution in [-0.4, -0.2) is 61.3 Å². The molecule has 0 saturated carbocycles. The van der Waals surface area contributed by atoms with Crippen LogP contribution in [0.5, 0.6) is 17.4 Å². The van der Waals surface area contributed by atoms with E-state index in [1.54, 1.807) is 24.4 Å². The zero-order valence-electron chi connectivity index (χ0n) is 21.7. The highest BCUT2D eigenvalue weighted by atomic mass is 32.2. The third kappa shape index (κ3) is 5.45. The number of rotatable bonds is 8. The van der Waals surface area contributed by atoms with Gasteiger partial charge in [0.25, 0.3) is 0 Å². The van der Waals surface area contributed by atoms with E-state index < -0.39 is 21.4 Å². The second-order valence-corrected chi connectivity index (χ2v) is 12.3. The molecule has 0 radical (unpaired) electrons. The first-order valence-corrected chi connectivity index (χ1v) is 14.2. The zero-order chi connectivity index (χ0) is 26.9. The van der Waals surface area contributed by atoms with Gasteiger partial charge in [0.15, 0.2) is 28.4 Å². The van der Waals surface area contributed by atoms with E-state index in [1.807, 2.05) is 24.3 Å². The lowest BCUT2D eigenvalue weighted by atomic mass is 9.97. The van der Waals surface area contributed by atoms with Crippen LogP contribution in [0.3, 0.4) is 0 Å². The number of pyridine rings is 2. The van der Waals surface area contributed by atoms with Gasteiger partial charge >= 0.3 is 0 Å². The summed E-state index contributed by atoms with van der Waals surface area (Å²) in [6.07, 6.45) is 2.20. The quantitative estimate of drug-likeness (QED) is 0.394. The Balaban J connectivity index is 1.28. The summed E-state index contributed by atoms with van der Waals surface area (Å²) in [4.78, 5) is 24.0. The molecule has 9 nitrogen and oxygen atoms in total. The number of sulfone groups is 1. The molecule has 1 aromatic carbocycles. The zero-order valence-corrected chi connectivity index (χ0v) is 22.5. The van der Waals surface area contributed by atoms with E-state index >= 15 is 0 Å². The highest BCUT2D eigenvalue weighted by molar-refractivity contribution is 7.92. The third-order valence-corrected chi connectivity index (χ3v) is 8.24. The lowest BCUT2D eigenvalue weighted by Crippen LogP contribution is -2.39.